The van der Waals surface area contributed by atoms with Crippen LogP contribution in [0.15, 0.2) is 30.3 Å². The highest BCUT2D eigenvalue weighted by atomic mass is 16.5. The zero-order valence-corrected chi connectivity index (χ0v) is 8.31. The molecule has 0 amide bonds. The Morgan fingerprint density at radius 3 is 2.50 bits per heavy atom. The van der Waals surface area contributed by atoms with Gasteiger partial charge in [-0.1, -0.05) is 30.3 Å². The summed E-state index contributed by atoms with van der Waals surface area (Å²) in [4.78, 5) is 11.7. The molecule has 14 heavy (non-hydrogen) atoms. The number of benzene rings is 1. The lowest BCUT2D eigenvalue weighted by atomic mass is 10.1. The molecule has 0 aliphatic heterocycles. The number of nitrogens with zero attached hydrogens (tertiary/aromatic N) is 1. The normalized spacial score (nSPS) is 13.7. The van der Waals surface area contributed by atoms with Crippen LogP contribution in [0, 0.1) is 5.21 Å². The molecule has 1 unspecified atom stereocenters. The van der Waals surface area contributed by atoms with E-state index in [2.05, 4.69) is 0 Å². The summed E-state index contributed by atoms with van der Waals surface area (Å²) >= 11 is 0. The standard InChI is InChI=1S/C11H13NO2/c1-3-12(14)9(2)11(13)10-7-5-4-6-8-10/h3-9H,1-2H3/b12-3+. The first-order valence-electron chi connectivity index (χ1n) is 4.51. The molecule has 1 aromatic rings. The van der Waals surface area contributed by atoms with Crippen LogP contribution in [0.1, 0.15) is 24.2 Å². The van der Waals surface area contributed by atoms with Crippen molar-refractivity contribution in [2.75, 3.05) is 0 Å². The molecule has 3 nitrogen and oxygen atoms in total. The van der Waals surface area contributed by atoms with Gasteiger partial charge in [0.25, 0.3) is 0 Å². The molecule has 0 bridgehead atoms. The molecule has 0 saturated carbocycles. The molecular weight excluding hydrogens is 178 g/mol. The van der Waals surface area contributed by atoms with E-state index in [1.165, 1.54) is 6.21 Å². The van der Waals surface area contributed by atoms with Gasteiger partial charge in [-0.2, -0.15) is 0 Å². The second-order valence-corrected chi connectivity index (χ2v) is 3.02. The quantitative estimate of drug-likeness (QED) is 0.240. The summed E-state index contributed by atoms with van der Waals surface area (Å²) in [6.45, 7) is 3.21. The van der Waals surface area contributed by atoms with Crippen LogP contribution in [0.3, 0.4) is 0 Å². The molecule has 0 N–H and O–H groups in total. The second-order valence-electron chi connectivity index (χ2n) is 3.02. The van der Waals surface area contributed by atoms with Gasteiger partial charge >= 0.3 is 0 Å². The Balaban J connectivity index is 2.87. The Hall–Kier alpha value is -1.64. The summed E-state index contributed by atoms with van der Waals surface area (Å²) in [7, 11) is 0. The Bertz CT molecular complexity index is 344. The van der Waals surface area contributed by atoms with E-state index in [1.54, 1.807) is 38.1 Å². The zero-order valence-electron chi connectivity index (χ0n) is 8.31. The lowest BCUT2D eigenvalue weighted by Gasteiger charge is -2.10. The van der Waals surface area contributed by atoms with Gasteiger partial charge in [0.05, 0.1) is 0 Å². The minimum Gasteiger partial charge on any atom is -0.623 e. The van der Waals surface area contributed by atoms with Crippen LogP contribution in [-0.2, 0) is 0 Å². The topological polar surface area (TPSA) is 43.1 Å². The molecule has 74 valence electrons. The Morgan fingerprint density at radius 1 is 1.43 bits per heavy atom. The third-order valence-electron chi connectivity index (χ3n) is 2.07. The van der Waals surface area contributed by atoms with Gasteiger partial charge in [0, 0.05) is 19.4 Å². The zero-order chi connectivity index (χ0) is 10.6. The van der Waals surface area contributed by atoms with Crippen molar-refractivity contribution < 1.29 is 9.53 Å². The van der Waals surface area contributed by atoms with E-state index in [0.29, 0.717) is 10.3 Å². The van der Waals surface area contributed by atoms with E-state index in [4.69, 9.17) is 0 Å². The van der Waals surface area contributed by atoms with Crippen molar-refractivity contribution >= 4 is 12.0 Å². The number of ketones is 1. The van der Waals surface area contributed by atoms with Crippen molar-refractivity contribution in [3.8, 4) is 0 Å². The van der Waals surface area contributed by atoms with Gasteiger partial charge in [0.1, 0.15) is 6.21 Å². The summed E-state index contributed by atoms with van der Waals surface area (Å²) in [5, 5.41) is 11.2. The van der Waals surface area contributed by atoms with Gasteiger partial charge in [-0.3, -0.25) is 4.79 Å². The molecule has 1 rings (SSSR count). The summed E-state index contributed by atoms with van der Waals surface area (Å²) in [6, 6.07) is 8.17. The van der Waals surface area contributed by atoms with Crippen LogP contribution in [0.2, 0.25) is 0 Å². The molecule has 0 radical (unpaired) electrons. The maximum Gasteiger partial charge on any atom is 0.231 e. The molecule has 0 spiro atoms. The van der Waals surface area contributed by atoms with Crippen molar-refractivity contribution in [3.05, 3.63) is 41.1 Å². The molecule has 0 aromatic heterocycles. The lowest BCUT2D eigenvalue weighted by Crippen LogP contribution is -2.28. The number of hydrogen-bond donors (Lipinski definition) is 0. The highest BCUT2D eigenvalue weighted by Gasteiger charge is 2.20. The minimum absolute atomic E-state index is 0.154. The largest absolute Gasteiger partial charge is 0.623 e. The smallest absolute Gasteiger partial charge is 0.231 e. The highest BCUT2D eigenvalue weighted by molar-refractivity contribution is 5.99. The monoisotopic (exact) mass is 191 g/mol. The summed E-state index contributed by atoms with van der Waals surface area (Å²) in [5.74, 6) is -0.154. The van der Waals surface area contributed by atoms with Crippen molar-refractivity contribution in [1.29, 1.82) is 0 Å². The van der Waals surface area contributed by atoms with E-state index in [1.807, 2.05) is 6.07 Å². The van der Waals surface area contributed by atoms with Gasteiger partial charge in [0.2, 0.25) is 11.8 Å². The van der Waals surface area contributed by atoms with Crippen LogP contribution in [0.4, 0.5) is 0 Å². The van der Waals surface area contributed by atoms with Crippen molar-refractivity contribution in [2.45, 2.75) is 19.9 Å². The third-order valence-corrected chi connectivity index (χ3v) is 2.07. The van der Waals surface area contributed by atoms with Crippen molar-refractivity contribution in [1.82, 2.24) is 0 Å². The summed E-state index contributed by atoms with van der Waals surface area (Å²) < 4.78 is 0.662. The summed E-state index contributed by atoms with van der Waals surface area (Å²) in [5.41, 5.74) is 0.572. The number of rotatable bonds is 3. The Kier molecular flexibility index (Phi) is 3.40. The van der Waals surface area contributed by atoms with E-state index in [9.17, 15) is 10.0 Å². The van der Waals surface area contributed by atoms with E-state index < -0.39 is 6.04 Å². The minimum atomic E-state index is -0.651. The fourth-order valence-electron chi connectivity index (χ4n) is 1.18. The molecule has 0 fully saturated rings. The number of hydroxylamine groups is 1. The maximum absolute atomic E-state index is 11.7. The average Bonchev–Trinajstić information content (AvgIpc) is 2.27. The number of Topliss-reactive ketones (excluding diaryl/α,β-unsaturated/α-hetero) is 1. The fourth-order valence-corrected chi connectivity index (χ4v) is 1.18. The maximum atomic E-state index is 11.7. The second kappa shape index (κ2) is 4.56. The predicted octanol–water partition coefficient (Wildman–Crippen LogP) is 1.86. The van der Waals surface area contributed by atoms with E-state index >= 15 is 0 Å². The molecule has 0 saturated heterocycles. The SMILES string of the molecule is C/C=[N+](/[O-])C(C)C(=O)c1ccccc1. The molecule has 0 aliphatic rings. The van der Waals surface area contributed by atoms with Gasteiger partial charge in [-0.25, -0.2) is 4.74 Å². The van der Waals surface area contributed by atoms with E-state index in [-0.39, 0.29) is 5.78 Å². The van der Waals surface area contributed by atoms with E-state index in [0.717, 1.165) is 0 Å². The predicted molar refractivity (Wildman–Crippen MR) is 55.6 cm³/mol. The molecular formula is C11H13NO2. The number of carbonyl (C=O) groups is 1. The van der Waals surface area contributed by atoms with Gasteiger partial charge in [0.15, 0.2) is 0 Å². The molecule has 3 heteroatoms. The molecule has 0 aliphatic carbocycles. The molecule has 1 aromatic carbocycles. The first-order chi connectivity index (χ1) is 6.66. The van der Waals surface area contributed by atoms with Gasteiger partial charge in [-0.15, -0.1) is 0 Å². The summed E-state index contributed by atoms with van der Waals surface area (Å²) in [6.07, 6.45) is 1.35. The average molecular weight is 191 g/mol. The molecule has 0 heterocycles. The van der Waals surface area contributed by atoms with Crippen LogP contribution in [-0.4, -0.2) is 22.8 Å². The first kappa shape index (κ1) is 10.4. The van der Waals surface area contributed by atoms with Crippen molar-refractivity contribution in [3.63, 3.8) is 0 Å². The number of hydrogen-bond acceptors (Lipinski definition) is 2. The first-order valence-corrected chi connectivity index (χ1v) is 4.51. The van der Waals surface area contributed by atoms with Gasteiger partial charge in [-0.05, 0) is 0 Å². The van der Waals surface area contributed by atoms with Crippen LogP contribution < -0.4 is 0 Å². The van der Waals surface area contributed by atoms with Gasteiger partial charge < -0.3 is 5.21 Å². The van der Waals surface area contributed by atoms with Crippen LogP contribution in [0.5, 0.6) is 0 Å². The Labute approximate surface area is 83.3 Å². The highest BCUT2D eigenvalue weighted by Crippen LogP contribution is 2.04. The van der Waals surface area contributed by atoms with Crippen molar-refractivity contribution in [2.24, 2.45) is 0 Å². The fraction of sp³-hybridized carbons (Fsp3) is 0.273. The Morgan fingerprint density at radius 2 is 2.00 bits per heavy atom. The third kappa shape index (κ3) is 2.19. The lowest BCUT2D eigenvalue weighted by molar-refractivity contribution is -0.474. The van der Waals surface area contributed by atoms with Crippen LogP contribution >= 0.6 is 0 Å². The number of carbonyl (C=O) groups excluding carboxylic acids is 1. The van der Waals surface area contributed by atoms with Crippen LogP contribution in [0.25, 0.3) is 0 Å². The molecule has 1 atom stereocenters.